The summed E-state index contributed by atoms with van der Waals surface area (Å²) in [6.07, 6.45) is 2.07. The number of alkyl halides is 2. The number of nitrogens with one attached hydrogen (secondary N) is 2. The summed E-state index contributed by atoms with van der Waals surface area (Å²) in [5.41, 5.74) is 0.437. The predicted octanol–water partition coefficient (Wildman–Crippen LogP) is 3.88. The van der Waals surface area contributed by atoms with Crippen molar-refractivity contribution in [3.63, 3.8) is 0 Å². The van der Waals surface area contributed by atoms with E-state index in [0.717, 1.165) is 24.8 Å². The largest absolute Gasteiger partial charge is 0.444 e. The minimum Gasteiger partial charge on any atom is -0.444 e. The number of rotatable bonds is 5. The van der Waals surface area contributed by atoms with E-state index in [2.05, 4.69) is 10.6 Å². The van der Waals surface area contributed by atoms with Crippen molar-refractivity contribution in [2.24, 2.45) is 0 Å². The number of alkyl carbamates (subject to hydrolysis) is 1. The van der Waals surface area contributed by atoms with Crippen molar-refractivity contribution in [2.75, 3.05) is 13.1 Å². The van der Waals surface area contributed by atoms with Crippen molar-refractivity contribution in [1.82, 2.24) is 10.6 Å². The van der Waals surface area contributed by atoms with Crippen molar-refractivity contribution >= 4 is 17.4 Å². The SMILES string of the molecule is CC(C)(C)OC(=O)NCC(F)(F)CNC1CCCc2sccc21. The van der Waals surface area contributed by atoms with E-state index < -0.39 is 30.7 Å². The highest BCUT2D eigenvalue weighted by Gasteiger charge is 2.32. The van der Waals surface area contributed by atoms with Crippen LogP contribution >= 0.6 is 11.3 Å². The first-order chi connectivity index (χ1) is 10.7. The molecule has 1 unspecified atom stereocenters. The normalized spacial score (nSPS) is 18.4. The summed E-state index contributed by atoms with van der Waals surface area (Å²) < 4.78 is 32.8. The number of hydrogen-bond donors (Lipinski definition) is 2. The Balaban J connectivity index is 1.80. The third-order valence-electron chi connectivity index (χ3n) is 3.55. The molecule has 2 N–H and O–H groups in total. The standard InChI is InChI=1S/C16H24F2N2O2S/c1-15(2,3)22-14(21)20-10-16(17,18)9-19-12-5-4-6-13-11(12)7-8-23-13/h7-8,12,19H,4-6,9-10H2,1-3H3,(H,20,21). The second kappa shape index (κ2) is 7.13. The van der Waals surface area contributed by atoms with Crippen LogP contribution in [0.1, 0.15) is 50.1 Å². The van der Waals surface area contributed by atoms with Crippen LogP contribution in [0.5, 0.6) is 0 Å². The van der Waals surface area contributed by atoms with Crippen LogP contribution in [0.4, 0.5) is 13.6 Å². The van der Waals surface area contributed by atoms with Gasteiger partial charge in [-0.25, -0.2) is 13.6 Å². The van der Waals surface area contributed by atoms with Crippen molar-refractivity contribution in [3.05, 3.63) is 21.9 Å². The number of halogens is 2. The zero-order chi connectivity index (χ0) is 17.1. The summed E-state index contributed by atoms with van der Waals surface area (Å²) in [7, 11) is 0. The Bertz CT molecular complexity index is 540. The van der Waals surface area contributed by atoms with Crippen molar-refractivity contribution in [3.8, 4) is 0 Å². The van der Waals surface area contributed by atoms with E-state index >= 15 is 0 Å². The fourth-order valence-corrected chi connectivity index (χ4v) is 3.54. The molecule has 1 aliphatic rings. The van der Waals surface area contributed by atoms with Gasteiger partial charge in [-0.15, -0.1) is 11.3 Å². The van der Waals surface area contributed by atoms with Gasteiger partial charge in [0.2, 0.25) is 0 Å². The van der Waals surface area contributed by atoms with Crippen LogP contribution < -0.4 is 10.6 Å². The molecule has 1 atom stereocenters. The highest BCUT2D eigenvalue weighted by molar-refractivity contribution is 7.10. The minimum absolute atomic E-state index is 0.0302. The lowest BCUT2D eigenvalue weighted by Gasteiger charge is -2.27. The molecule has 1 aromatic heterocycles. The molecule has 0 aromatic carbocycles. The molecule has 1 aromatic rings. The number of thiophene rings is 1. The fraction of sp³-hybridized carbons (Fsp3) is 0.688. The second-order valence-corrected chi connectivity index (χ2v) is 7.84. The number of fused-ring (bicyclic) bond motifs is 1. The molecule has 0 saturated carbocycles. The first kappa shape index (κ1) is 18.1. The van der Waals surface area contributed by atoms with Crippen molar-refractivity contribution < 1.29 is 18.3 Å². The van der Waals surface area contributed by atoms with Gasteiger partial charge in [0, 0.05) is 10.9 Å². The number of ether oxygens (including phenoxy) is 1. The Morgan fingerprint density at radius 1 is 1.39 bits per heavy atom. The molecule has 23 heavy (non-hydrogen) atoms. The highest BCUT2D eigenvalue weighted by atomic mass is 32.1. The fourth-order valence-electron chi connectivity index (χ4n) is 2.55. The van der Waals surface area contributed by atoms with E-state index in [1.165, 1.54) is 4.88 Å². The molecule has 1 amide bonds. The molecule has 2 rings (SSSR count). The maximum Gasteiger partial charge on any atom is 0.407 e. The molecule has 0 aliphatic heterocycles. The van der Waals surface area contributed by atoms with Crippen LogP contribution in [0.15, 0.2) is 11.4 Å². The second-order valence-electron chi connectivity index (χ2n) is 6.84. The van der Waals surface area contributed by atoms with Crippen LogP contribution in [-0.2, 0) is 11.2 Å². The maximum absolute atomic E-state index is 13.9. The summed E-state index contributed by atoms with van der Waals surface area (Å²) in [6, 6.07) is 1.98. The van der Waals surface area contributed by atoms with E-state index in [4.69, 9.17) is 4.74 Å². The number of amides is 1. The van der Waals surface area contributed by atoms with Crippen molar-refractivity contribution in [1.29, 1.82) is 0 Å². The number of carbonyl (C=O) groups excluding carboxylic acids is 1. The topological polar surface area (TPSA) is 50.4 Å². The van der Waals surface area contributed by atoms with Gasteiger partial charge in [0.15, 0.2) is 0 Å². The van der Waals surface area contributed by atoms with Gasteiger partial charge in [-0.1, -0.05) is 0 Å². The van der Waals surface area contributed by atoms with Gasteiger partial charge in [-0.2, -0.15) is 0 Å². The van der Waals surface area contributed by atoms with E-state index in [1.54, 1.807) is 32.1 Å². The van der Waals surface area contributed by atoms with E-state index in [9.17, 15) is 13.6 Å². The lowest BCUT2D eigenvalue weighted by atomic mass is 9.94. The zero-order valence-corrected chi connectivity index (χ0v) is 14.6. The summed E-state index contributed by atoms with van der Waals surface area (Å²) in [5, 5.41) is 7.08. The number of hydrogen-bond acceptors (Lipinski definition) is 4. The zero-order valence-electron chi connectivity index (χ0n) is 13.7. The van der Waals surface area contributed by atoms with Gasteiger partial charge >= 0.3 is 6.09 Å². The summed E-state index contributed by atoms with van der Waals surface area (Å²) in [6.45, 7) is 3.86. The van der Waals surface area contributed by atoms with Crippen LogP contribution in [0, 0.1) is 0 Å². The van der Waals surface area contributed by atoms with Gasteiger partial charge in [-0.3, -0.25) is 0 Å². The van der Waals surface area contributed by atoms with Crippen LogP contribution in [-0.4, -0.2) is 30.7 Å². The van der Waals surface area contributed by atoms with Crippen LogP contribution in [0.25, 0.3) is 0 Å². The average molecular weight is 346 g/mol. The van der Waals surface area contributed by atoms with Gasteiger partial charge in [0.05, 0.1) is 13.1 Å². The smallest absolute Gasteiger partial charge is 0.407 e. The monoisotopic (exact) mass is 346 g/mol. The molecule has 1 heterocycles. The lowest BCUT2D eigenvalue weighted by Crippen LogP contribution is -2.45. The summed E-state index contributed by atoms with van der Waals surface area (Å²) in [5.74, 6) is -3.02. The highest BCUT2D eigenvalue weighted by Crippen LogP contribution is 2.33. The van der Waals surface area contributed by atoms with E-state index in [1.807, 2.05) is 11.4 Å². The Labute approximate surface area is 139 Å². The molecule has 0 spiro atoms. The molecule has 7 heteroatoms. The van der Waals surface area contributed by atoms with E-state index in [0.29, 0.717) is 0 Å². The quantitative estimate of drug-likeness (QED) is 0.851. The van der Waals surface area contributed by atoms with Gasteiger partial charge < -0.3 is 15.4 Å². The lowest BCUT2D eigenvalue weighted by molar-refractivity contribution is -0.00598. The van der Waals surface area contributed by atoms with E-state index in [-0.39, 0.29) is 6.04 Å². The van der Waals surface area contributed by atoms with Crippen LogP contribution in [0.2, 0.25) is 0 Å². The first-order valence-electron chi connectivity index (χ1n) is 7.81. The molecule has 0 bridgehead atoms. The third kappa shape index (κ3) is 5.73. The van der Waals surface area contributed by atoms with Crippen molar-refractivity contribution in [2.45, 2.75) is 57.6 Å². The molecule has 0 fully saturated rings. The predicted molar refractivity (Wildman–Crippen MR) is 87.2 cm³/mol. The number of aryl methyl sites for hydroxylation is 1. The average Bonchev–Trinajstić information content (AvgIpc) is 2.90. The first-order valence-corrected chi connectivity index (χ1v) is 8.69. The molecular weight excluding hydrogens is 322 g/mol. The third-order valence-corrected chi connectivity index (χ3v) is 4.55. The Morgan fingerprint density at radius 2 is 2.13 bits per heavy atom. The summed E-state index contributed by atoms with van der Waals surface area (Å²) in [4.78, 5) is 12.7. The number of carbonyl (C=O) groups is 1. The maximum atomic E-state index is 13.9. The van der Waals surface area contributed by atoms with Gasteiger partial charge in [-0.05, 0) is 57.0 Å². The van der Waals surface area contributed by atoms with Gasteiger partial charge in [0.1, 0.15) is 5.60 Å². The molecular formula is C16H24F2N2O2S. The van der Waals surface area contributed by atoms with Gasteiger partial charge in [0.25, 0.3) is 5.92 Å². The molecule has 130 valence electrons. The minimum atomic E-state index is -3.02. The van der Waals surface area contributed by atoms with Crippen LogP contribution in [0.3, 0.4) is 0 Å². The molecule has 4 nitrogen and oxygen atoms in total. The molecule has 1 aliphatic carbocycles. The molecule has 0 radical (unpaired) electrons. The summed E-state index contributed by atoms with van der Waals surface area (Å²) >= 11 is 1.68. The Morgan fingerprint density at radius 3 is 2.83 bits per heavy atom. The Kier molecular flexibility index (Phi) is 5.62. The Hall–Kier alpha value is -1.21. The molecule has 0 saturated heterocycles.